The van der Waals surface area contributed by atoms with Crippen LogP contribution in [0.5, 0.6) is 0 Å². The number of hydrogen-bond acceptors (Lipinski definition) is 3. The molecule has 0 saturated heterocycles. The average molecular weight is 264 g/mol. The molecule has 0 aromatic heterocycles. The van der Waals surface area contributed by atoms with Crippen LogP contribution in [0.2, 0.25) is 0 Å². The quantitative estimate of drug-likeness (QED) is 0.913. The molecule has 19 heavy (non-hydrogen) atoms. The zero-order valence-electron chi connectivity index (χ0n) is 12.4. The minimum atomic E-state index is -0.487. The number of aryl methyl sites for hydroxylation is 1. The summed E-state index contributed by atoms with van der Waals surface area (Å²) in [5.41, 5.74) is 7.82. The van der Waals surface area contributed by atoms with Gasteiger partial charge < -0.3 is 15.4 Å². The van der Waals surface area contributed by atoms with E-state index >= 15 is 0 Å². The van der Waals surface area contributed by atoms with Gasteiger partial charge in [0.05, 0.1) is 0 Å². The predicted molar refractivity (Wildman–Crippen MR) is 77.0 cm³/mol. The van der Waals surface area contributed by atoms with Crippen molar-refractivity contribution in [1.82, 2.24) is 4.90 Å². The molecule has 1 unspecified atom stereocenters. The van der Waals surface area contributed by atoms with Crippen LogP contribution in [-0.4, -0.2) is 30.2 Å². The Kier molecular flexibility index (Phi) is 4.95. The van der Waals surface area contributed by atoms with Crippen LogP contribution in [0.4, 0.5) is 4.79 Å². The van der Waals surface area contributed by atoms with E-state index in [0.717, 1.165) is 5.56 Å². The highest BCUT2D eigenvalue weighted by Crippen LogP contribution is 2.14. The topological polar surface area (TPSA) is 55.6 Å². The molecule has 0 saturated carbocycles. The molecule has 0 bridgehead atoms. The molecule has 1 rings (SSSR count). The molecule has 0 radical (unpaired) electrons. The lowest BCUT2D eigenvalue weighted by Gasteiger charge is -2.26. The zero-order chi connectivity index (χ0) is 14.6. The molecule has 4 nitrogen and oxygen atoms in total. The van der Waals surface area contributed by atoms with Gasteiger partial charge in [-0.3, -0.25) is 0 Å². The number of nitrogens with two attached hydrogens (primary N) is 1. The average Bonchev–Trinajstić information content (AvgIpc) is 2.27. The summed E-state index contributed by atoms with van der Waals surface area (Å²) in [6, 6.07) is 7.80. The number of ether oxygens (including phenoxy) is 1. The third-order valence-electron chi connectivity index (χ3n) is 2.68. The van der Waals surface area contributed by atoms with Crippen LogP contribution in [-0.2, 0) is 4.74 Å². The third-order valence-corrected chi connectivity index (χ3v) is 2.68. The van der Waals surface area contributed by atoms with Crippen LogP contribution in [0.3, 0.4) is 0 Å². The molecule has 0 fully saturated rings. The highest BCUT2D eigenvalue weighted by molar-refractivity contribution is 5.67. The largest absolute Gasteiger partial charge is 0.444 e. The summed E-state index contributed by atoms with van der Waals surface area (Å²) in [6.45, 7) is 8.00. The van der Waals surface area contributed by atoms with Gasteiger partial charge in [0, 0.05) is 19.6 Å². The van der Waals surface area contributed by atoms with Crippen LogP contribution in [0.1, 0.15) is 37.9 Å². The van der Waals surface area contributed by atoms with Gasteiger partial charge in [-0.15, -0.1) is 0 Å². The van der Waals surface area contributed by atoms with Gasteiger partial charge in [0.15, 0.2) is 0 Å². The molecule has 1 aromatic carbocycles. The Morgan fingerprint density at radius 3 is 2.32 bits per heavy atom. The van der Waals surface area contributed by atoms with Crippen molar-refractivity contribution in [2.45, 2.75) is 39.3 Å². The second kappa shape index (κ2) is 6.06. The van der Waals surface area contributed by atoms with E-state index in [1.807, 2.05) is 52.0 Å². The van der Waals surface area contributed by atoms with Crippen molar-refractivity contribution in [2.24, 2.45) is 5.73 Å². The molecule has 1 amide bonds. The van der Waals surface area contributed by atoms with E-state index in [4.69, 9.17) is 10.5 Å². The number of rotatable bonds is 3. The van der Waals surface area contributed by atoms with E-state index < -0.39 is 5.60 Å². The third kappa shape index (κ3) is 5.30. The van der Waals surface area contributed by atoms with Crippen molar-refractivity contribution in [2.75, 3.05) is 13.6 Å². The maximum absolute atomic E-state index is 11.8. The van der Waals surface area contributed by atoms with Gasteiger partial charge in [0.2, 0.25) is 0 Å². The predicted octanol–water partition coefficient (Wildman–Crippen LogP) is 2.86. The van der Waals surface area contributed by atoms with Crippen molar-refractivity contribution >= 4 is 6.09 Å². The molecule has 0 aliphatic carbocycles. The van der Waals surface area contributed by atoms with Crippen molar-refractivity contribution in [3.8, 4) is 0 Å². The van der Waals surface area contributed by atoms with Crippen molar-refractivity contribution in [1.29, 1.82) is 0 Å². The van der Waals surface area contributed by atoms with E-state index in [1.165, 1.54) is 10.5 Å². The first-order valence-electron chi connectivity index (χ1n) is 6.45. The fourth-order valence-corrected chi connectivity index (χ4v) is 1.63. The Morgan fingerprint density at radius 1 is 1.32 bits per heavy atom. The molecule has 0 aliphatic heterocycles. The number of likely N-dealkylation sites (N-methyl/N-ethyl adjacent to an activating group) is 1. The van der Waals surface area contributed by atoms with Crippen LogP contribution < -0.4 is 5.73 Å². The number of benzene rings is 1. The summed E-state index contributed by atoms with van der Waals surface area (Å²) in [5.74, 6) is 0. The summed E-state index contributed by atoms with van der Waals surface area (Å²) in [7, 11) is 1.70. The fraction of sp³-hybridized carbons (Fsp3) is 0.533. The van der Waals surface area contributed by atoms with E-state index in [-0.39, 0.29) is 12.1 Å². The molecule has 4 heteroatoms. The Balaban J connectivity index is 2.59. The summed E-state index contributed by atoms with van der Waals surface area (Å²) in [6.07, 6.45) is -0.352. The van der Waals surface area contributed by atoms with Gasteiger partial charge in [0.1, 0.15) is 5.60 Å². The van der Waals surface area contributed by atoms with Gasteiger partial charge in [-0.1, -0.05) is 29.8 Å². The molecule has 0 heterocycles. The SMILES string of the molecule is Cc1ccc(C(N)CN(C)C(=O)OC(C)(C)C)cc1. The Morgan fingerprint density at radius 2 is 1.84 bits per heavy atom. The van der Waals surface area contributed by atoms with Crippen molar-refractivity contribution < 1.29 is 9.53 Å². The van der Waals surface area contributed by atoms with Gasteiger partial charge in [-0.2, -0.15) is 0 Å². The molecule has 106 valence electrons. The standard InChI is InChI=1S/C15H24N2O2/c1-11-6-8-12(9-7-11)13(16)10-17(5)14(18)19-15(2,3)4/h6-9,13H,10,16H2,1-5H3. The summed E-state index contributed by atoms with van der Waals surface area (Å²) >= 11 is 0. The Bertz CT molecular complexity index is 421. The second-order valence-electron chi connectivity index (χ2n) is 5.88. The van der Waals surface area contributed by atoms with Gasteiger partial charge >= 0.3 is 6.09 Å². The highest BCUT2D eigenvalue weighted by Gasteiger charge is 2.21. The van der Waals surface area contributed by atoms with E-state index in [9.17, 15) is 4.79 Å². The summed E-state index contributed by atoms with van der Waals surface area (Å²) in [4.78, 5) is 13.3. The molecule has 0 aliphatic rings. The molecular formula is C15H24N2O2. The van der Waals surface area contributed by atoms with Crippen LogP contribution in [0.15, 0.2) is 24.3 Å². The first kappa shape index (κ1) is 15.5. The first-order valence-corrected chi connectivity index (χ1v) is 6.45. The number of hydrogen-bond donors (Lipinski definition) is 1. The van der Waals surface area contributed by atoms with Crippen LogP contribution in [0, 0.1) is 6.92 Å². The fourth-order valence-electron chi connectivity index (χ4n) is 1.63. The van der Waals surface area contributed by atoms with E-state index in [1.54, 1.807) is 7.05 Å². The highest BCUT2D eigenvalue weighted by atomic mass is 16.6. The summed E-state index contributed by atoms with van der Waals surface area (Å²) < 4.78 is 5.29. The number of nitrogens with zero attached hydrogens (tertiary/aromatic N) is 1. The molecular weight excluding hydrogens is 240 g/mol. The maximum Gasteiger partial charge on any atom is 0.410 e. The van der Waals surface area contributed by atoms with Crippen LogP contribution in [0.25, 0.3) is 0 Å². The lowest BCUT2D eigenvalue weighted by molar-refractivity contribution is 0.0289. The van der Waals surface area contributed by atoms with Crippen molar-refractivity contribution in [3.05, 3.63) is 35.4 Å². The number of carbonyl (C=O) groups excluding carboxylic acids is 1. The van der Waals surface area contributed by atoms with E-state index in [0.29, 0.717) is 6.54 Å². The van der Waals surface area contributed by atoms with Gasteiger partial charge in [-0.05, 0) is 33.3 Å². The Hall–Kier alpha value is -1.55. The minimum absolute atomic E-state index is 0.210. The monoisotopic (exact) mass is 264 g/mol. The Labute approximate surface area is 115 Å². The first-order chi connectivity index (χ1) is 8.69. The maximum atomic E-state index is 11.8. The normalized spacial score (nSPS) is 12.9. The number of amides is 1. The smallest absolute Gasteiger partial charge is 0.410 e. The molecule has 0 spiro atoms. The van der Waals surface area contributed by atoms with Gasteiger partial charge in [0.25, 0.3) is 0 Å². The zero-order valence-corrected chi connectivity index (χ0v) is 12.4. The van der Waals surface area contributed by atoms with E-state index in [2.05, 4.69) is 0 Å². The molecule has 1 atom stereocenters. The summed E-state index contributed by atoms with van der Waals surface area (Å²) in [5, 5.41) is 0. The number of carbonyl (C=O) groups is 1. The lowest BCUT2D eigenvalue weighted by atomic mass is 10.1. The van der Waals surface area contributed by atoms with Gasteiger partial charge in [-0.25, -0.2) is 4.79 Å². The van der Waals surface area contributed by atoms with Crippen molar-refractivity contribution in [3.63, 3.8) is 0 Å². The lowest BCUT2D eigenvalue weighted by Crippen LogP contribution is -2.38. The second-order valence-corrected chi connectivity index (χ2v) is 5.88. The molecule has 1 aromatic rings. The minimum Gasteiger partial charge on any atom is -0.444 e. The molecule has 2 N–H and O–H groups in total. The van der Waals surface area contributed by atoms with Crippen LogP contribution >= 0.6 is 0 Å².